The Morgan fingerprint density at radius 3 is 2.67 bits per heavy atom. The van der Waals surface area contributed by atoms with Crippen LogP contribution in [0.4, 0.5) is 4.39 Å². The molecule has 1 N–H and O–H groups in total. The van der Waals surface area contributed by atoms with Crippen molar-refractivity contribution in [2.24, 2.45) is 11.8 Å². The second-order valence-electron chi connectivity index (χ2n) is 5.34. The van der Waals surface area contributed by atoms with Crippen molar-refractivity contribution in [2.75, 3.05) is 6.54 Å². The molecule has 0 bridgehead atoms. The molecule has 1 fully saturated rings. The number of rotatable bonds is 6. The molecule has 0 aromatic heterocycles. The molecule has 0 aliphatic heterocycles. The summed E-state index contributed by atoms with van der Waals surface area (Å²) < 4.78 is 14.2. The third kappa shape index (κ3) is 3.79. The molecule has 1 aliphatic rings. The van der Waals surface area contributed by atoms with E-state index in [1.165, 1.54) is 18.9 Å². The largest absolute Gasteiger partial charge is 0.314 e. The van der Waals surface area contributed by atoms with Crippen LogP contribution in [0, 0.1) is 17.7 Å². The predicted molar refractivity (Wildman–Crippen MR) is 77.2 cm³/mol. The van der Waals surface area contributed by atoms with E-state index >= 15 is 0 Å². The van der Waals surface area contributed by atoms with Gasteiger partial charge < -0.3 is 5.32 Å². The lowest BCUT2D eigenvalue weighted by Gasteiger charge is -2.25. The second-order valence-corrected chi connectivity index (χ2v) is 6.26. The Morgan fingerprint density at radius 2 is 2.11 bits per heavy atom. The summed E-state index contributed by atoms with van der Waals surface area (Å²) in [5.74, 6) is 1.38. The normalized spacial score (nSPS) is 18.7. The van der Waals surface area contributed by atoms with Gasteiger partial charge in [-0.05, 0) is 61.4 Å². The minimum absolute atomic E-state index is 0.159. The number of hydrogen-bond acceptors (Lipinski definition) is 1. The van der Waals surface area contributed by atoms with Gasteiger partial charge in [-0.2, -0.15) is 0 Å². The molecule has 2 unspecified atom stereocenters. The highest BCUT2D eigenvalue weighted by Crippen LogP contribution is 2.38. The molecule has 1 saturated carbocycles. The zero-order valence-electron chi connectivity index (χ0n) is 11.0. The molecule has 1 aliphatic carbocycles. The summed E-state index contributed by atoms with van der Waals surface area (Å²) in [6, 6.07) is 5.63. The van der Waals surface area contributed by atoms with Crippen molar-refractivity contribution in [1.29, 1.82) is 0 Å². The van der Waals surface area contributed by atoms with Gasteiger partial charge in [-0.1, -0.05) is 29.8 Å². The molecular formula is C15H21BrFN. The molecule has 2 atom stereocenters. The Bertz CT molecular complexity index is 383. The molecule has 0 radical (unpaired) electrons. The van der Waals surface area contributed by atoms with Crippen LogP contribution in [0.3, 0.4) is 0 Å². The fourth-order valence-electron chi connectivity index (χ4n) is 2.64. The Kier molecular flexibility index (Phi) is 4.79. The fourth-order valence-corrected chi connectivity index (χ4v) is 3.15. The summed E-state index contributed by atoms with van der Waals surface area (Å²) in [5.41, 5.74) is 1.07. The number of halogens is 2. The van der Waals surface area contributed by atoms with Crippen molar-refractivity contribution in [3.8, 4) is 0 Å². The first kappa shape index (κ1) is 14.0. The van der Waals surface area contributed by atoms with Crippen LogP contribution in [-0.4, -0.2) is 12.6 Å². The van der Waals surface area contributed by atoms with Crippen LogP contribution in [0.2, 0.25) is 0 Å². The van der Waals surface area contributed by atoms with Crippen LogP contribution >= 0.6 is 15.9 Å². The van der Waals surface area contributed by atoms with E-state index in [-0.39, 0.29) is 5.82 Å². The maximum atomic E-state index is 13.4. The van der Waals surface area contributed by atoms with Crippen molar-refractivity contribution in [3.63, 3.8) is 0 Å². The zero-order valence-corrected chi connectivity index (χ0v) is 12.6. The van der Waals surface area contributed by atoms with Gasteiger partial charge in [0.2, 0.25) is 0 Å². The standard InChI is InChI=1S/C15H21BrFN/c1-3-18-15(10(2)12-4-5-12)8-11-6-13(16)9-14(17)7-11/h6-7,9-10,12,15,18H,3-5,8H2,1-2H3. The van der Waals surface area contributed by atoms with E-state index < -0.39 is 0 Å². The van der Waals surface area contributed by atoms with Gasteiger partial charge in [-0.15, -0.1) is 0 Å². The predicted octanol–water partition coefficient (Wildman–Crippen LogP) is 4.15. The summed E-state index contributed by atoms with van der Waals surface area (Å²) in [7, 11) is 0. The highest BCUT2D eigenvalue weighted by atomic mass is 79.9. The van der Waals surface area contributed by atoms with E-state index in [0.717, 1.165) is 28.9 Å². The van der Waals surface area contributed by atoms with Crippen molar-refractivity contribution in [2.45, 2.75) is 39.2 Å². The SMILES string of the molecule is CCNC(Cc1cc(F)cc(Br)c1)C(C)C1CC1. The molecule has 0 amide bonds. The first-order valence-electron chi connectivity index (χ1n) is 6.78. The van der Waals surface area contributed by atoms with Gasteiger partial charge in [-0.3, -0.25) is 0 Å². The third-order valence-corrected chi connectivity index (χ3v) is 4.30. The molecule has 100 valence electrons. The summed E-state index contributed by atoms with van der Waals surface area (Å²) in [6.45, 7) is 5.42. The van der Waals surface area contributed by atoms with Crippen LogP contribution < -0.4 is 5.32 Å². The van der Waals surface area contributed by atoms with Gasteiger partial charge in [-0.25, -0.2) is 4.39 Å². The molecule has 3 heteroatoms. The molecule has 0 saturated heterocycles. The molecule has 2 rings (SSSR count). The summed E-state index contributed by atoms with van der Waals surface area (Å²) in [4.78, 5) is 0. The Hall–Kier alpha value is -0.410. The highest BCUT2D eigenvalue weighted by Gasteiger charge is 2.32. The maximum Gasteiger partial charge on any atom is 0.124 e. The van der Waals surface area contributed by atoms with Crippen LogP contribution in [-0.2, 0) is 6.42 Å². The Balaban J connectivity index is 2.06. The first-order valence-corrected chi connectivity index (χ1v) is 7.57. The molecule has 0 heterocycles. The third-order valence-electron chi connectivity index (χ3n) is 3.84. The van der Waals surface area contributed by atoms with Gasteiger partial charge in [0.15, 0.2) is 0 Å². The van der Waals surface area contributed by atoms with E-state index in [4.69, 9.17) is 0 Å². The zero-order chi connectivity index (χ0) is 13.1. The van der Waals surface area contributed by atoms with Crippen molar-refractivity contribution < 1.29 is 4.39 Å². The summed E-state index contributed by atoms with van der Waals surface area (Å²) in [6.07, 6.45) is 3.62. The van der Waals surface area contributed by atoms with Gasteiger partial charge in [0.1, 0.15) is 5.82 Å². The Morgan fingerprint density at radius 1 is 1.39 bits per heavy atom. The van der Waals surface area contributed by atoms with E-state index in [0.29, 0.717) is 12.0 Å². The van der Waals surface area contributed by atoms with E-state index in [1.807, 2.05) is 6.07 Å². The number of benzene rings is 1. The monoisotopic (exact) mass is 313 g/mol. The minimum Gasteiger partial charge on any atom is -0.314 e. The Labute approximate surface area is 117 Å². The first-order chi connectivity index (χ1) is 8.60. The van der Waals surface area contributed by atoms with Crippen LogP contribution in [0.15, 0.2) is 22.7 Å². The fraction of sp³-hybridized carbons (Fsp3) is 0.600. The lowest BCUT2D eigenvalue weighted by Crippen LogP contribution is -2.37. The molecule has 18 heavy (non-hydrogen) atoms. The minimum atomic E-state index is -0.159. The topological polar surface area (TPSA) is 12.0 Å². The quantitative estimate of drug-likeness (QED) is 0.831. The number of likely N-dealkylation sites (N-methyl/N-ethyl adjacent to an activating group) is 1. The van der Waals surface area contributed by atoms with Crippen molar-refractivity contribution >= 4 is 15.9 Å². The number of nitrogens with one attached hydrogen (secondary N) is 1. The van der Waals surface area contributed by atoms with E-state index in [2.05, 4.69) is 35.1 Å². The van der Waals surface area contributed by atoms with Gasteiger partial charge in [0.25, 0.3) is 0 Å². The summed E-state index contributed by atoms with van der Waals surface area (Å²) in [5, 5.41) is 3.55. The highest BCUT2D eigenvalue weighted by molar-refractivity contribution is 9.10. The second kappa shape index (κ2) is 6.16. The van der Waals surface area contributed by atoms with E-state index in [9.17, 15) is 4.39 Å². The average Bonchev–Trinajstić information content (AvgIpc) is 3.10. The molecule has 0 spiro atoms. The maximum absolute atomic E-state index is 13.4. The van der Waals surface area contributed by atoms with Crippen molar-refractivity contribution in [3.05, 3.63) is 34.1 Å². The molecule has 1 aromatic rings. The smallest absolute Gasteiger partial charge is 0.124 e. The van der Waals surface area contributed by atoms with Crippen LogP contribution in [0.25, 0.3) is 0 Å². The van der Waals surface area contributed by atoms with Gasteiger partial charge in [0, 0.05) is 10.5 Å². The van der Waals surface area contributed by atoms with Crippen LogP contribution in [0.5, 0.6) is 0 Å². The molecule has 1 aromatic carbocycles. The summed E-state index contributed by atoms with van der Waals surface area (Å²) >= 11 is 3.36. The van der Waals surface area contributed by atoms with Crippen LogP contribution in [0.1, 0.15) is 32.3 Å². The van der Waals surface area contributed by atoms with E-state index in [1.54, 1.807) is 6.07 Å². The van der Waals surface area contributed by atoms with Gasteiger partial charge >= 0.3 is 0 Å². The average molecular weight is 314 g/mol. The lowest BCUT2D eigenvalue weighted by molar-refractivity contribution is 0.344. The van der Waals surface area contributed by atoms with Crippen molar-refractivity contribution in [1.82, 2.24) is 5.32 Å². The van der Waals surface area contributed by atoms with Gasteiger partial charge in [0.05, 0.1) is 0 Å². The lowest BCUT2D eigenvalue weighted by atomic mass is 9.91. The number of hydrogen-bond donors (Lipinski definition) is 1. The molecular weight excluding hydrogens is 293 g/mol. The molecule has 1 nitrogen and oxygen atoms in total.